The first-order chi connectivity index (χ1) is 10.6. The predicted octanol–water partition coefficient (Wildman–Crippen LogP) is 3.04. The van der Waals surface area contributed by atoms with Crippen molar-refractivity contribution in [2.75, 3.05) is 32.1 Å². The van der Waals surface area contributed by atoms with E-state index in [0.29, 0.717) is 12.1 Å². The third-order valence-corrected chi connectivity index (χ3v) is 5.49. The van der Waals surface area contributed by atoms with Crippen molar-refractivity contribution in [3.05, 3.63) is 29.8 Å². The predicted molar refractivity (Wildman–Crippen MR) is 94.7 cm³/mol. The van der Waals surface area contributed by atoms with Crippen LogP contribution in [0.3, 0.4) is 0 Å². The first-order valence-electron chi connectivity index (χ1n) is 8.87. The summed E-state index contributed by atoms with van der Waals surface area (Å²) in [5.41, 5.74) is 2.73. The molecule has 0 amide bonds. The van der Waals surface area contributed by atoms with Crippen molar-refractivity contribution in [1.29, 1.82) is 0 Å². The molecule has 2 fully saturated rings. The maximum atomic E-state index is 3.96. The van der Waals surface area contributed by atoms with Gasteiger partial charge in [0.15, 0.2) is 0 Å². The maximum Gasteiger partial charge on any atom is 0.0366 e. The Morgan fingerprint density at radius 3 is 2.32 bits per heavy atom. The van der Waals surface area contributed by atoms with Crippen LogP contribution in [0.15, 0.2) is 24.3 Å². The Hall–Kier alpha value is -1.06. The Bertz CT molecular complexity index is 460. The number of hydrogen-bond acceptors (Lipinski definition) is 3. The fraction of sp³-hybridized carbons (Fsp3) is 0.684. The van der Waals surface area contributed by atoms with Gasteiger partial charge in [-0.25, -0.2) is 0 Å². The highest BCUT2D eigenvalue weighted by Crippen LogP contribution is 2.25. The Morgan fingerprint density at radius 1 is 1.00 bits per heavy atom. The number of hydrogen-bond donors (Lipinski definition) is 1. The van der Waals surface area contributed by atoms with E-state index in [1.807, 2.05) is 0 Å². The first-order valence-corrected chi connectivity index (χ1v) is 8.87. The second-order valence-corrected chi connectivity index (χ2v) is 7.33. The molecule has 0 unspecified atom stereocenters. The summed E-state index contributed by atoms with van der Waals surface area (Å²) in [5, 5.41) is 3.96. The number of aryl methyl sites for hydroxylation is 1. The third kappa shape index (κ3) is 3.64. The zero-order valence-corrected chi connectivity index (χ0v) is 14.4. The van der Waals surface area contributed by atoms with Crippen LogP contribution in [-0.2, 0) is 0 Å². The molecule has 1 heterocycles. The Labute approximate surface area is 135 Å². The average molecular weight is 301 g/mol. The Kier molecular flexibility index (Phi) is 5.04. The highest BCUT2D eigenvalue weighted by Gasteiger charge is 2.31. The van der Waals surface area contributed by atoms with E-state index in [4.69, 9.17) is 0 Å². The molecule has 122 valence electrons. The molecule has 2 aliphatic rings. The van der Waals surface area contributed by atoms with E-state index >= 15 is 0 Å². The van der Waals surface area contributed by atoms with Gasteiger partial charge in [-0.05, 0) is 58.8 Å². The zero-order chi connectivity index (χ0) is 15.5. The lowest BCUT2D eigenvalue weighted by molar-refractivity contribution is 0.232. The second-order valence-electron chi connectivity index (χ2n) is 7.33. The van der Waals surface area contributed by atoms with Gasteiger partial charge in [-0.3, -0.25) is 0 Å². The topological polar surface area (TPSA) is 18.5 Å². The van der Waals surface area contributed by atoms with Gasteiger partial charge in [0, 0.05) is 36.9 Å². The van der Waals surface area contributed by atoms with Crippen LogP contribution >= 0.6 is 0 Å². The summed E-state index contributed by atoms with van der Waals surface area (Å²) in [5.74, 6) is 0. The molecule has 3 heteroatoms. The van der Waals surface area contributed by atoms with Crippen molar-refractivity contribution in [2.24, 2.45) is 0 Å². The van der Waals surface area contributed by atoms with Crippen LogP contribution < -0.4 is 10.2 Å². The average Bonchev–Trinajstić information content (AvgIpc) is 2.97. The van der Waals surface area contributed by atoms with Gasteiger partial charge in [-0.15, -0.1) is 0 Å². The van der Waals surface area contributed by atoms with E-state index in [1.165, 1.54) is 56.4 Å². The van der Waals surface area contributed by atoms with Crippen molar-refractivity contribution >= 4 is 5.69 Å². The van der Waals surface area contributed by atoms with E-state index in [-0.39, 0.29) is 0 Å². The van der Waals surface area contributed by atoms with Crippen molar-refractivity contribution in [2.45, 2.75) is 57.2 Å². The number of rotatable bonds is 4. The minimum atomic E-state index is 0.700. The standard InChI is InChI=1S/C19H31N3/c1-15-7-9-17(10-8-15)22-13-11-16(12-14-22)20-18-5-4-6-19(18)21(2)3/h7-10,16,18-20H,4-6,11-14H2,1-3H3/t18-,19-/m1/s1. The van der Waals surface area contributed by atoms with Gasteiger partial charge in [0.05, 0.1) is 0 Å². The van der Waals surface area contributed by atoms with Gasteiger partial charge in [0.2, 0.25) is 0 Å². The molecule has 1 N–H and O–H groups in total. The summed E-state index contributed by atoms with van der Waals surface area (Å²) in [4.78, 5) is 4.95. The smallest absolute Gasteiger partial charge is 0.0366 e. The molecule has 1 saturated carbocycles. The molecule has 3 nitrogen and oxygen atoms in total. The van der Waals surface area contributed by atoms with Gasteiger partial charge < -0.3 is 15.1 Å². The molecule has 1 saturated heterocycles. The second kappa shape index (κ2) is 7.01. The molecule has 1 aliphatic carbocycles. The molecular formula is C19H31N3. The van der Waals surface area contributed by atoms with Crippen molar-refractivity contribution in [1.82, 2.24) is 10.2 Å². The van der Waals surface area contributed by atoms with Gasteiger partial charge in [-0.2, -0.15) is 0 Å². The van der Waals surface area contributed by atoms with E-state index < -0.39 is 0 Å². The summed E-state index contributed by atoms with van der Waals surface area (Å²) in [6.45, 7) is 4.52. The van der Waals surface area contributed by atoms with E-state index in [0.717, 1.165) is 6.04 Å². The number of benzene rings is 1. The molecule has 1 aromatic carbocycles. The minimum absolute atomic E-state index is 0.700. The van der Waals surface area contributed by atoms with Crippen molar-refractivity contribution < 1.29 is 0 Å². The van der Waals surface area contributed by atoms with Crippen LogP contribution in [-0.4, -0.2) is 50.2 Å². The molecule has 0 spiro atoms. The molecule has 1 aromatic rings. The fourth-order valence-corrected chi connectivity index (χ4v) is 4.12. The molecular weight excluding hydrogens is 270 g/mol. The Morgan fingerprint density at radius 2 is 1.68 bits per heavy atom. The van der Waals surface area contributed by atoms with Gasteiger partial charge in [0.1, 0.15) is 0 Å². The highest BCUT2D eigenvalue weighted by atomic mass is 15.2. The third-order valence-electron chi connectivity index (χ3n) is 5.49. The lowest BCUT2D eigenvalue weighted by atomic mass is 10.0. The van der Waals surface area contributed by atoms with Gasteiger partial charge in [-0.1, -0.05) is 24.1 Å². The van der Waals surface area contributed by atoms with Crippen LogP contribution in [0.2, 0.25) is 0 Å². The fourth-order valence-electron chi connectivity index (χ4n) is 4.12. The maximum absolute atomic E-state index is 3.96. The summed E-state index contributed by atoms with van der Waals surface area (Å²) in [7, 11) is 4.45. The zero-order valence-electron chi connectivity index (χ0n) is 14.4. The molecule has 0 radical (unpaired) electrons. The first kappa shape index (κ1) is 15.8. The summed E-state index contributed by atoms with van der Waals surface area (Å²) in [6.07, 6.45) is 6.62. The number of likely N-dealkylation sites (N-methyl/N-ethyl adjacent to an activating group) is 1. The number of anilines is 1. The molecule has 0 aromatic heterocycles. The summed E-state index contributed by atoms with van der Waals surface area (Å²) >= 11 is 0. The normalized spacial score (nSPS) is 26.8. The van der Waals surface area contributed by atoms with Gasteiger partial charge in [0.25, 0.3) is 0 Å². The minimum Gasteiger partial charge on any atom is -0.371 e. The Balaban J connectivity index is 1.50. The number of nitrogens with zero attached hydrogens (tertiary/aromatic N) is 2. The summed E-state index contributed by atoms with van der Waals surface area (Å²) in [6, 6.07) is 11.1. The molecule has 3 rings (SSSR count). The van der Waals surface area contributed by atoms with Crippen molar-refractivity contribution in [3.8, 4) is 0 Å². The number of piperidine rings is 1. The van der Waals surface area contributed by atoms with Crippen LogP contribution in [0, 0.1) is 6.92 Å². The SMILES string of the molecule is Cc1ccc(N2CCC(N[C@@H]3CCC[C@H]3N(C)C)CC2)cc1. The highest BCUT2D eigenvalue weighted by molar-refractivity contribution is 5.47. The number of nitrogens with one attached hydrogen (secondary N) is 1. The van der Waals surface area contributed by atoms with Crippen LogP contribution in [0.4, 0.5) is 5.69 Å². The van der Waals surface area contributed by atoms with Crippen LogP contribution in [0.25, 0.3) is 0 Å². The van der Waals surface area contributed by atoms with Crippen LogP contribution in [0.1, 0.15) is 37.7 Å². The van der Waals surface area contributed by atoms with E-state index in [2.05, 4.69) is 60.4 Å². The lowest BCUT2D eigenvalue weighted by Gasteiger charge is -2.37. The monoisotopic (exact) mass is 301 g/mol. The largest absolute Gasteiger partial charge is 0.371 e. The lowest BCUT2D eigenvalue weighted by Crippen LogP contribution is -2.51. The van der Waals surface area contributed by atoms with Crippen LogP contribution in [0.5, 0.6) is 0 Å². The van der Waals surface area contributed by atoms with E-state index in [9.17, 15) is 0 Å². The molecule has 22 heavy (non-hydrogen) atoms. The molecule has 1 aliphatic heterocycles. The van der Waals surface area contributed by atoms with E-state index in [1.54, 1.807) is 0 Å². The molecule has 0 bridgehead atoms. The molecule has 2 atom stereocenters. The van der Waals surface area contributed by atoms with Gasteiger partial charge >= 0.3 is 0 Å². The quantitative estimate of drug-likeness (QED) is 0.922. The van der Waals surface area contributed by atoms with Crippen molar-refractivity contribution in [3.63, 3.8) is 0 Å². The summed E-state index contributed by atoms with van der Waals surface area (Å²) < 4.78 is 0.